The third-order valence-electron chi connectivity index (χ3n) is 2.59. The van der Waals surface area contributed by atoms with Gasteiger partial charge in [-0.25, -0.2) is 0 Å². The molecule has 2 nitrogen and oxygen atoms in total. The first kappa shape index (κ1) is 13.5. The topological polar surface area (TPSA) is 32.3 Å². The Balaban J connectivity index is 2.39. The molecule has 0 aliphatic heterocycles. The fraction of sp³-hybridized carbons (Fsp3) is 0.538. The largest absolute Gasteiger partial charge is 0.396 e. The van der Waals surface area contributed by atoms with Crippen molar-refractivity contribution in [2.45, 2.75) is 38.8 Å². The molecule has 2 atom stereocenters. The first-order valence-electron chi connectivity index (χ1n) is 5.73. The van der Waals surface area contributed by atoms with Gasteiger partial charge in [-0.3, -0.25) is 0 Å². The van der Waals surface area contributed by atoms with E-state index >= 15 is 0 Å². The summed E-state index contributed by atoms with van der Waals surface area (Å²) in [6, 6.07) is 8.70. The molecule has 0 heterocycles. The lowest BCUT2D eigenvalue weighted by atomic mass is 10.1. The van der Waals surface area contributed by atoms with Gasteiger partial charge in [0.2, 0.25) is 0 Å². The normalized spacial score (nSPS) is 14.8. The van der Waals surface area contributed by atoms with Crippen LogP contribution in [-0.2, 0) is 6.42 Å². The Kier molecular flexibility index (Phi) is 5.81. The van der Waals surface area contributed by atoms with Crippen molar-refractivity contribution in [3.8, 4) is 0 Å². The highest BCUT2D eigenvalue weighted by Crippen LogP contribution is 2.11. The van der Waals surface area contributed by atoms with Crippen LogP contribution in [-0.4, -0.2) is 23.8 Å². The Morgan fingerprint density at radius 1 is 1.19 bits per heavy atom. The lowest BCUT2D eigenvalue weighted by molar-refractivity contribution is 0.264. The molecule has 16 heavy (non-hydrogen) atoms. The van der Waals surface area contributed by atoms with Crippen LogP contribution in [0.4, 0.5) is 0 Å². The van der Waals surface area contributed by atoms with Crippen LogP contribution in [0.2, 0.25) is 5.02 Å². The molecule has 0 bridgehead atoms. The molecule has 0 aliphatic rings. The maximum absolute atomic E-state index is 8.82. The summed E-state index contributed by atoms with van der Waals surface area (Å²) >= 11 is 5.83. The van der Waals surface area contributed by atoms with E-state index < -0.39 is 0 Å². The molecule has 0 aliphatic carbocycles. The molecule has 0 radical (unpaired) electrons. The minimum atomic E-state index is 0.238. The summed E-state index contributed by atoms with van der Waals surface area (Å²) in [4.78, 5) is 0. The average molecular weight is 242 g/mol. The second-order valence-corrected chi connectivity index (χ2v) is 4.75. The minimum absolute atomic E-state index is 0.238. The van der Waals surface area contributed by atoms with Gasteiger partial charge in [0.25, 0.3) is 0 Å². The molecule has 2 N–H and O–H groups in total. The summed E-state index contributed by atoms with van der Waals surface area (Å²) in [7, 11) is 0. The van der Waals surface area contributed by atoms with Gasteiger partial charge in [-0.05, 0) is 44.4 Å². The molecule has 3 heteroatoms. The van der Waals surface area contributed by atoms with Crippen LogP contribution in [0.5, 0.6) is 0 Å². The van der Waals surface area contributed by atoms with E-state index in [1.165, 1.54) is 5.56 Å². The number of aliphatic hydroxyl groups is 1. The second-order valence-electron chi connectivity index (χ2n) is 4.31. The molecular formula is C13H20ClNO. The maximum Gasteiger partial charge on any atom is 0.0445 e. The van der Waals surface area contributed by atoms with Gasteiger partial charge >= 0.3 is 0 Å². The highest BCUT2D eigenvalue weighted by Gasteiger charge is 2.07. The molecule has 0 saturated heterocycles. The van der Waals surface area contributed by atoms with Crippen molar-refractivity contribution in [3.63, 3.8) is 0 Å². The Bertz CT molecular complexity index is 299. The van der Waals surface area contributed by atoms with E-state index in [9.17, 15) is 0 Å². The number of nitrogens with one attached hydrogen (secondary N) is 1. The van der Waals surface area contributed by atoms with Gasteiger partial charge in [0.15, 0.2) is 0 Å². The van der Waals surface area contributed by atoms with Crippen molar-refractivity contribution >= 4 is 11.6 Å². The molecule has 0 saturated carbocycles. The predicted molar refractivity (Wildman–Crippen MR) is 68.9 cm³/mol. The maximum atomic E-state index is 8.82. The third kappa shape index (κ3) is 4.97. The van der Waals surface area contributed by atoms with Crippen molar-refractivity contribution in [3.05, 3.63) is 34.9 Å². The van der Waals surface area contributed by atoms with Crippen LogP contribution >= 0.6 is 11.6 Å². The molecular weight excluding hydrogens is 222 g/mol. The second kappa shape index (κ2) is 6.89. The smallest absolute Gasteiger partial charge is 0.0445 e. The van der Waals surface area contributed by atoms with Gasteiger partial charge in [0.05, 0.1) is 0 Å². The first-order valence-corrected chi connectivity index (χ1v) is 6.11. The fourth-order valence-electron chi connectivity index (χ4n) is 1.80. The van der Waals surface area contributed by atoms with Crippen LogP contribution < -0.4 is 5.32 Å². The molecule has 1 unspecified atom stereocenters. The lowest BCUT2D eigenvalue weighted by Crippen LogP contribution is -2.36. The van der Waals surface area contributed by atoms with Crippen LogP contribution in [0.1, 0.15) is 25.8 Å². The fourth-order valence-corrected chi connectivity index (χ4v) is 1.92. The molecule has 0 aromatic heterocycles. The third-order valence-corrected chi connectivity index (χ3v) is 2.84. The van der Waals surface area contributed by atoms with Crippen LogP contribution in [0.15, 0.2) is 24.3 Å². The summed E-state index contributed by atoms with van der Waals surface area (Å²) in [6.45, 7) is 4.49. The van der Waals surface area contributed by atoms with E-state index in [-0.39, 0.29) is 6.61 Å². The van der Waals surface area contributed by atoms with Gasteiger partial charge in [-0.2, -0.15) is 0 Å². The minimum Gasteiger partial charge on any atom is -0.396 e. The average Bonchev–Trinajstić information content (AvgIpc) is 2.21. The monoisotopic (exact) mass is 241 g/mol. The first-order chi connectivity index (χ1) is 7.61. The van der Waals surface area contributed by atoms with E-state index in [1.54, 1.807) is 0 Å². The zero-order valence-electron chi connectivity index (χ0n) is 9.91. The van der Waals surface area contributed by atoms with Crippen molar-refractivity contribution in [1.29, 1.82) is 0 Å². The van der Waals surface area contributed by atoms with Crippen molar-refractivity contribution in [2.24, 2.45) is 0 Å². The number of hydrogen-bond donors (Lipinski definition) is 2. The lowest BCUT2D eigenvalue weighted by Gasteiger charge is -2.19. The van der Waals surface area contributed by atoms with E-state index in [0.29, 0.717) is 12.1 Å². The molecule has 0 spiro atoms. The molecule has 0 amide bonds. The standard InChI is InChI=1S/C13H20ClNO/c1-10(7-8-16)15-11(2)9-12-3-5-13(14)6-4-12/h3-6,10-11,15-16H,7-9H2,1-2H3/t10-,11?/m1/s1. The number of halogens is 1. The predicted octanol–water partition coefficient (Wildman–Crippen LogP) is 2.63. The quantitative estimate of drug-likeness (QED) is 0.803. The SMILES string of the molecule is CC(Cc1ccc(Cl)cc1)N[C@H](C)CCO. The Labute approximate surface area is 103 Å². The van der Waals surface area contributed by atoms with Gasteiger partial charge < -0.3 is 10.4 Å². The van der Waals surface area contributed by atoms with E-state index in [4.69, 9.17) is 16.7 Å². The van der Waals surface area contributed by atoms with Gasteiger partial charge in [0, 0.05) is 23.7 Å². The van der Waals surface area contributed by atoms with E-state index in [1.807, 2.05) is 12.1 Å². The van der Waals surface area contributed by atoms with Crippen molar-refractivity contribution in [2.75, 3.05) is 6.61 Å². The van der Waals surface area contributed by atoms with E-state index in [2.05, 4.69) is 31.3 Å². The Hall–Kier alpha value is -0.570. The van der Waals surface area contributed by atoms with Gasteiger partial charge in [-0.1, -0.05) is 23.7 Å². The number of hydrogen-bond acceptors (Lipinski definition) is 2. The molecule has 1 rings (SSSR count). The van der Waals surface area contributed by atoms with Crippen LogP contribution in [0.3, 0.4) is 0 Å². The molecule has 0 fully saturated rings. The van der Waals surface area contributed by atoms with E-state index in [0.717, 1.165) is 17.9 Å². The molecule has 1 aromatic rings. The highest BCUT2D eigenvalue weighted by molar-refractivity contribution is 6.30. The Morgan fingerprint density at radius 3 is 2.38 bits per heavy atom. The number of benzene rings is 1. The number of aliphatic hydroxyl groups excluding tert-OH is 1. The molecule has 90 valence electrons. The zero-order valence-corrected chi connectivity index (χ0v) is 10.7. The molecule has 1 aromatic carbocycles. The van der Waals surface area contributed by atoms with Crippen molar-refractivity contribution < 1.29 is 5.11 Å². The zero-order chi connectivity index (χ0) is 12.0. The van der Waals surface area contributed by atoms with Crippen LogP contribution in [0, 0.1) is 0 Å². The summed E-state index contributed by atoms with van der Waals surface area (Å²) in [5, 5.41) is 13.0. The van der Waals surface area contributed by atoms with Crippen molar-refractivity contribution in [1.82, 2.24) is 5.32 Å². The summed E-state index contributed by atoms with van der Waals surface area (Å²) < 4.78 is 0. The highest BCUT2D eigenvalue weighted by atomic mass is 35.5. The summed E-state index contributed by atoms with van der Waals surface area (Å²) in [5.74, 6) is 0. The number of rotatable bonds is 6. The Morgan fingerprint density at radius 2 is 1.81 bits per heavy atom. The summed E-state index contributed by atoms with van der Waals surface area (Å²) in [6.07, 6.45) is 1.78. The van der Waals surface area contributed by atoms with Crippen LogP contribution in [0.25, 0.3) is 0 Å². The van der Waals surface area contributed by atoms with Gasteiger partial charge in [0.1, 0.15) is 0 Å². The van der Waals surface area contributed by atoms with Gasteiger partial charge in [-0.15, -0.1) is 0 Å². The summed E-state index contributed by atoms with van der Waals surface area (Å²) in [5.41, 5.74) is 1.28.